The number of hydrogen-bond acceptors (Lipinski definition) is 6. The monoisotopic (exact) mass is 434 g/mol. The van der Waals surface area contributed by atoms with Crippen LogP contribution in [0.5, 0.6) is 0 Å². The molecule has 1 aromatic heterocycles. The lowest BCUT2D eigenvalue weighted by atomic mass is 10.2. The quantitative estimate of drug-likeness (QED) is 0.613. The molecule has 3 aromatic rings. The van der Waals surface area contributed by atoms with Gasteiger partial charge in [-0.25, -0.2) is 8.42 Å². The summed E-state index contributed by atoms with van der Waals surface area (Å²) < 4.78 is 30.7. The third kappa shape index (κ3) is 4.93. The third-order valence-corrected chi connectivity index (χ3v) is 5.67. The lowest BCUT2D eigenvalue weighted by Gasteiger charge is -2.28. The van der Waals surface area contributed by atoms with Crippen molar-refractivity contribution >= 4 is 33.2 Å². The number of rotatable bonds is 7. The minimum absolute atomic E-state index is 0.0486. The highest BCUT2D eigenvalue weighted by Gasteiger charge is 2.29. The Kier molecular flexibility index (Phi) is 6.19. The molecule has 0 aliphatic carbocycles. The molecule has 29 heavy (non-hydrogen) atoms. The molecular formula is C19H19ClN4O4S. The molecule has 152 valence electrons. The van der Waals surface area contributed by atoms with Crippen LogP contribution in [-0.2, 0) is 21.4 Å². The van der Waals surface area contributed by atoms with Gasteiger partial charge in [0.2, 0.25) is 27.6 Å². The molecule has 0 radical (unpaired) electrons. The normalized spacial score (nSPS) is 12.4. The van der Waals surface area contributed by atoms with E-state index in [-0.39, 0.29) is 12.4 Å². The molecule has 1 amide bonds. The van der Waals surface area contributed by atoms with Gasteiger partial charge >= 0.3 is 0 Å². The zero-order chi connectivity index (χ0) is 21.0. The molecule has 1 heterocycles. The molecule has 2 aromatic carbocycles. The Morgan fingerprint density at radius 3 is 2.48 bits per heavy atom. The molecule has 0 saturated carbocycles. The summed E-state index contributed by atoms with van der Waals surface area (Å²) in [4.78, 5) is 16.8. The number of carbonyl (C=O) groups excluding carboxylic acids is 1. The molecule has 0 saturated heterocycles. The molecule has 0 unspecified atom stereocenters. The summed E-state index contributed by atoms with van der Waals surface area (Å²) >= 11 is 6.12. The van der Waals surface area contributed by atoms with Gasteiger partial charge in [-0.2, -0.15) is 4.98 Å². The van der Waals surface area contributed by atoms with Crippen molar-refractivity contribution in [3.8, 4) is 11.4 Å². The van der Waals surface area contributed by atoms with Crippen molar-refractivity contribution in [1.82, 2.24) is 15.5 Å². The van der Waals surface area contributed by atoms with Crippen LogP contribution >= 0.6 is 11.6 Å². The lowest BCUT2D eigenvalue weighted by molar-refractivity contribution is -0.122. The van der Waals surface area contributed by atoms with Crippen LogP contribution in [-0.4, -0.2) is 36.8 Å². The Balaban J connectivity index is 1.71. The summed E-state index contributed by atoms with van der Waals surface area (Å²) in [6.07, 6.45) is 1.05. The van der Waals surface area contributed by atoms with Crippen molar-refractivity contribution in [3.05, 3.63) is 65.5 Å². The number of halogens is 1. The van der Waals surface area contributed by atoms with E-state index in [9.17, 15) is 13.2 Å². The standard InChI is InChI=1S/C19H19ClN4O4S/c1-13(24(29(2,26)27)14-8-4-3-5-9-14)19(25)21-12-17-22-18(23-28-17)15-10-6-7-11-16(15)20/h3-11,13H,12H2,1-2H3,(H,21,25)/t13-/m1/s1. The van der Waals surface area contributed by atoms with Crippen LogP contribution < -0.4 is 9.62 Å². The summed E-state index contributed by atoms with van der Waals surface area (Å²) in [7, 11) is -3.68. The molecule has 10 heteroatoms. The van der Waals surface area contributed by atoms with E-state index >= 15 is 0 Å². The smallest absolute Gasteiger partial charge is 0.246 e. The van der Waals surface area contributed by atoms with Gasteiger partial charge in [0.15, 0.2) is 0 Å². The van der Waals surface area contributed by atoms with Crippen LogP contribution in [0.15, 0.2) is 59.1 Å². The van der Waals surface area contributed by atoms with Crippen LogP contribution in [0, 0.1) is 0 Å². The van der Waals surface area contributed by atoms with Crippen LogP contribution in [0.3, 0.4) is 0 Å². The number of carbonyl (C=O) groups is 1. The average molecular weight is 435 g/mol. The molecule has 3 rings (SSSR count). The molecule has 1 N–H and O–H groups in total. The molecule has 0 fully saturated rings. The summed E-state index contributed by atoms with van der Waals surface area (Å²) in [5, 5.41) is 6.97. The van der Waals surface area contributed by atoms with Gasteiger partial charge in [0.1, 0.15) is 6.04 Å². The first-order valence-electron chi connectivity index (χ1n) is 8.67. The van der Waals surface area contributed by atoms with E-state index in [1.165, 1.54) is 6.92 Å². The van der Waals surface area contributed by atoms with Gasteiger partial charge < -0.3 is 9.84 Å². The molecular weight excluding hydrogens is 416 g/mol. The van der Waals surface area contributed by atoms with Crippen LogP contribution in [0.25, 0.3) is 11.4 Å². The summed E-state index contributed by atoms with van der Waals surface area (Å²) in [6, 6.07) is 14.5. The molecule has 0 aliphatic heterocycles. The maximum atomic E-state index is 12.6. The highest BCUT2D eigenvalue weighted by atomic mass is 35.5. The molecule has 0 spiro atoms. The fourth-order valence-corrected chi connectivity index (χ4v) is 4.17. The number of benzene rings is 2. The number of hydrogen-bond donors (Lipinski definition) is 1. The second kappa shape index (κ2) is 8.62. The predicted molar refractivity (Wildman–Crippen MR) is 110 cm³/mol. The number of nitrogens with zero attached hydrogens (tertiary/aromatic N) is 3. The minimum atomic E-state index is -3.68. The first kappa shape index (κ1) is 20.8. The van der Waals surface area contributed by atoms with Crippen molar-refractivity contribution in [1.29, 1.82) is 0 Å². The topological polar surface area (TPSA) is 105 Å². The molecule has 1 atom stereocenters. The summed E-state index contributed by atoms with van der Waals surface area (Å²) in [6.45, 7) is 1.46. The first-order valence-corrected chi connectivity index (χ1v) is 10.9. The van der Waals surface area contributed by atoms with Crippen LogP contribution in [0.4, 0.5) is 5.69 Å². The van der Waals surface area contributed by atoms with Crippen molar-refractivity contribution in [3.63, 3.8) is 0 Å². The fourth-order valence-electron chi connectivity index (χ4n) is 2.77. The van der Waals surface area contributed by atoms with E-state index in [2.05, 4.69) is 15.5 Å². The minimum Gasteiger partial charge on any atom is -0.345 e. The van der Waals surface area contributed by atoms with Crippen molar-refractivity contribution < 1.29 is 17.7 Å². The molecule has 0 bridgehead atoms. The van der Waals surface area contributed by atoms with Gasteiger partial charge in [0.25, 0.3) is 0 Å². The number of amides is 1. The van der Waals surface area contributed by atoms with Crippen molar-refractivity contribution in [2.24, 2.45) is 0 Å². The van der Waals surface area contributed by atoms with Gasteiger partial charge in [-0.1, -0.05) is 47.1 Å². The third-order valence-electron chi connectivity index (χ3n) is 4.10. The van der Waals surface area contributed by atoms with Gasteiger partial charge in [0, 0.05) is 5.56 Å². The number of nitrogens with one attached hydrogen (secondary N) is 1. The van der Waals surface area contributed by atoms with E-state index < -0.39 is 22.0 Å². The summed E-state index contributed by atoms with van der Waals surface area (Å²) in [5.41, 5.74) is 1.01. The van der Waals surface area contributed by atoms with Gasteiger partial charge in [0.05, 0.1) is 23.5 Å². The lowest BCUT2D eigenvalue weighted by Crippen LogP contribution is -2.47. The Bertz CT molecular complexity index is 1100. The highest BCUT2D eigenvalue weighted by molar-refractivity contribution is 7.92. The average Bonchev–Trinajstić information content (AvgIpc) is 3.15. The number of sulfonamides is 1. The van der Waals surface area contributed by atoms with E-state index in [0.717, 1.165) is 10.6 Å². The number of anilines is 1. The van der Waals surface area contributed by atoms with E-state index in [0.29, 0.717) is 22.1 Å². The Labute approximate surface area is 173 Å². The molecule has 8 nitrogen and oxygen atoms in total. The number of aromatic nitrogens is 2. The Morgan fingerprint density at radius 1 is 1.17 bits per heavy atom. The highest BCUT2D eigenvalue weighted by Crippen LogP contribution is 2.25. The second-order valence-electron chi connectivity index (χ2n) is 6.28. The fraction of sp³-hybridized carbons (Fsp3) is 0.211. The zero-order valence-corrected chi connectivity index (χ0v) is 17.3. The van der Waals surface area contributed by atoms with E-state index in [1.807, 2.05) is 0 Å². The summed E-state index contributed by atoms with van der Waals surface area (Å²) in [5.74, 6) is -0.0298. The largest absolute Gasteiger partial charge is 0.345 e. The van der Waals surface area contributed by atoms with Crippen LogP contribution in [0.1, 0.15) is 12.8 Å². The SMILES string of the molecule is C[C@H](C(=O)NCc1nc(-c2ccccc2Cl)no1)N(c1ccccc1)S(C)(=O)=O. The van der Waals surface area contributed by atoms with Crippen molar-refractivity contribution in [2.75, 3.05) is 10.6 Å². The predicted octanol–water partition coefficient (Wildman–Crippen LogP) is 2.86. The van der Waals surface area contributed by atoms with E-state index in [4.69, 9.17) is 16.1 Å². The zero-order valence-electron chi connectivity index (χ0n) is 15.7. The van der Waals surface area contributed by atoms with Gasteiger partial charge in [-0.05, 0) is 31.2 Å². The maximum absolute atomic E-state index is 12.6. The van der Waals surface area contributed by atoms with Crippen LogP contribution in [0.2, 0.25) is 5.02 Å². The second-order valence-corrected chi connectivity index (χ2v) is 8.55. The maximum Gasteiger partial charge on any atom is 0.246 e. The van der Waals surface area contributed by atoms with Crippen molar-refractivity contribution in [2.45, 2.75) is 19.5 Å². The Morgan fingerprint density at radius 2 is 1.83 bits per heavy atom. The van der Waals surface area contributed by atoms with Gasteiger partial charge in [-0.15, -0.1) is 0 Å². The van der Waals surface area contributed by atoms with E-state index in [1.54, 1.807) is 54.6 Å². The molecule has 0 aliphatic rings. The first-order chi connectivity index (χ1) is 13.8. The Hall–Kier alpha value is -2.91. The van der Waals surface area contributed by atoms with Gasteiger partial charge in [-0.3, -0.25) is 9.10 Å². The number of para-hydroxylation sites is 1.